The predicted molar refractivity (Wildman–Crippen MR) is 111 cm³/mol. The van der Waals surface area contributed by atoms with E-state index in [0.29, 0.717) is 16.9 Å². The number of carbonyl (C=O) groups excluding carboxylic acids is 1. The van der Waals surface area contributed by atoms with Crippen LogP contribution >= 0.6 is 0 Å². The lowest BCUT2D eigenvalue weighted by Gasteiger charge is -2.06. The SMILES string of the molecule is N#Cc1c(-c2ccccc2)nc(NN=Cc2cccc(OC(=O)C3CC3)c2)[nH]c1=O. The summed E-state index contributed by atoms with van der Waals surface area (Å²) in [5, 5.41) is 13.4. The van der Waals surface area contributed by atoms with Crippen LogP contribution in [0.2, 0.25) is 0 Å². The number of benzene rings is 2. The second-order valence-corrected chi connectivity index (χ2v) is 6.75. The lowest BCUT2D eigenvalue weighted by molar-refractivity contribution is -0.135. The molecule has 2 aromatic carbocycles. The number of anilines is 1. The van der Waals surface area contributed by atoms with E-state index in [4.69, 9.17) is 4.74 Å². The molecule has 1 aliphatic carbocycles. The first-order valence-electron chi connectivity index (χ1n) is 9.35. The van der Waals surface area contributed by atoms with Gasteiger partial charge in [-0.1, -0.05) is 42.5 Å². The van der Waals surface area contributed by atoms with Crippen molar-refractivity contribution in [1.82, 2.24) is 9.97 Å². The molecular weight excluding hydrogens is 382 g/mol. The quantitative estimate of drug-likeness (QED) is 0.284. The maximum atomic E-state index is 12.2. The summed E-state index contributed by atoms with van der Waals surface area (Å²) < 4.78 is 5.34. The number of nitrogens with one attached hydrogen (secondary N) is 2. The number of aromatic nitrogens is 2. The largest absolute Gasteiger partial charge is 0.426 e. The number of hydrogen-bond acceptors (Lipinski definition) is 7. The molecule has 1 aliphatic rings. The second kappa shape index (κ2) is 8.41. The van der Waals surface area contributed by atoms with Gasteiger partial charge in [0.25, 0.3) is 5.56 Å². The van der Waals surface area contributed by atoms with Gasteiger partial charge in [0, 0.05) is 5.56 Å². The lowest BCUT2D eigenvalue weighted by atomic mass is 10.1. The van der Waals surface area contributed by atoms with Gasteiger partial charge < -0.3 is 4.74 Å². The van der Waals surface area contributed by atoms with E-state index >= 15 is 0 Å². The molecule has 0 amide bonds. The molecule has 0 aliphatic heterocycles. The summed E-state index contributed by atoms with van der Waals surface area (Å²) in [7, 11) is 0. The molecule has 148 valence electrons. The Balaban J connectivity index is 1.52. The summed E-state index contributed by atoms with van der Waals surface area (Å²) >= 11 is 0. The molecule has 0 saturated heterocycles. The third kappa shape index (κ3) is 4.42. The highest BCUT2D eigenvalue weighted by Crippen LogP contribution is 2.30. The van der Waals surface area contributed by atoms with Crippen LogP contribution in [-0.4, -0.2) is 22.2 Å². The van der Waals surface area contributed by atoms with Crippen LogP contribution in [0.5, 0.6) is 5.75 Å². The van der Waals surface area contributed by atoms with Crippen LogP contribution in [0.25, 0.3) is 11.3 Å². The Kier molecular flexibility index (Phi) is 5.35. The van der Waals surface area contributed by atoms with E-state index in [1.807, 2.05) is 12.1 Å². The van der Waals surface area contributed by atoms with Crippen LogP contribution in [0.15, 0.2) is 64.5 Å². The Morgan fingerprint density at radius 2 is 2.03 bits per heavy atom. The van der Waals surface area contributed by atoms with E-state index in [-0.39, 0.29) is 29.1 Å². The second-order valence-electron chi connectivity index (χ2n) is 6.75. The third-order valence-corrected chi connectivity index (χ3v) is 4.45. The zero-order valence-corrected chi connectivity index (χ0v) is 15.8. The summed E-state index contributed by atoms with van der Waals surface area (Å²) in [6.45, 7) is 0. The van der Waals surface area contributed by atoms with Gasteiger partial charge in [-0.2, -0.15) is 10.4 Å². The van der Waals surface area contributed by atoms with Crippen LogP contribution in [0.1, 0.15) is 24.0 Å². The fourth-order valence-electron chi connectivity index (χ4n) is 2.78. The fraction of sp³-hybridized carbons (Fsp3) is 0.136. The number of H-pyrrole nitrogens is 1. The summed E-state index contributed by atoms with van der Waals surface area (Å²) in [6, 6.07) is 17.8. The van der Waals surface area contributed by atoms with Gasteiger partial charge >= 0.3 is 5.97 Å². The van der Waals surface area contributed by atoms with Gasteiger partial charge in [-0.25, -0.2) is 10.4 Å². The van der Waals surface area contributed by atoms with Crippen molar-refractivity contribution in [3.63, 3.8) is 0 Å². The van der Waals surface area contributed by atoms with E-state index in [9.17, 15) is 14.9 Å². The van der Waals surface area contributed by atoms with Crippen LogP contribution in [0.4, 0.5) is 5.95 Å². The molecule has 0 spiro atoms. The van der Waals surface area contributed by atoms with Gasteiger partial charge in [-0.15, -0.1) is 0 Å². The Hall–Kier alpha value is -4.25. The van der Waals surface area contributed by atoms with Crippen molar-refractivity contribution in [3.05, 3.63) is 76.1 Å². The minimum Gasteiger partial charge on any atom is -0.426 e. The molecule has 0 unspecified atom stereocenters. The molecule has 0 atom stereocenters. The van der Waals surface area contributed by atoms with E-state index in [0.717, 1.165) is 12.8 Å². The summed E-state index contributed by atoms with van der Waals surface area (Å²) in [6.07, 6.45) is 3.27. The first kappa shape index (κ1) is 19.1. The number of hydrogen-bond donors (Lipinski definition) is 2. The Bertz CT molecular complexity index is 1210. The predicted octanol–water partition coefficient (Wildman–Crippen LogP) is 3.07. The van der Waals surface area contributed by atoms with Crippen LogP contribution in [0.3, 0.4) is 0 Å². The molecule has 1 fully saturated rings. The maximum absolute atomic E-state index is 12.2. The van der Waals surface area contributed by atoms with Crippen molar-refractivity contribution >= 4 is 18.1 Å². The molecule has 1 heterocycles. The molecule has 8 nitrogen and oxygen atoms in total. The van der Waals surface area contributed by atoms with Crippen molar-refractivity contribution < 1.29 is 9.53 Å². The van der Waals surface area contributed by atoms with E-state index in [1.54, 1.807) is 48.5 Å². The minimum atomic E-state index is -0.557. The number of carbonyl (C=O) groups is 1. The monoisotopic (exact) mass is 399 g/mol. The van der Waals surface area contributed by atoms with Crippen molar-refractivity contribution in [1.29, 1.82) is 5.26 Å². The van der Waals surface area contributed by atoms with Crippen LogP contribution in [-0.2, 0) is 4.79 Å². The number of nitriles is 1. The average Bonchev–Trinajstić information content (AvgIpc) is 3.60. The molecule has 8 heteroatoms. The standard InChI is InChI=1S/C22H17N5O3/c23-12-18-19(15-6-2-1-3-7-15)25-22(26-20(18)28)27-24-13-14-5-4-8-17(11-14)30-21(29)16-9-10-16/h1-8,11,13,16H,9-10H2,(H2,25,26,27,28). The van der Waals surface area contributed by atoms with E-state index < -0.39 is 5.56 Å². The summed E-state index contributed by atoms with van der Waals surface area (Å²) in [5.74, 6) is 0.356. The van der Waals surface area contributed by atoms with Crippen LogP contribution in [0, 0.1) is 17.2 Å². The molecule has 30 heavy (non-hydrogen) atoms. The van der Waals surface area contributed by atoms with Crippen molar-refractivity contribution in [3.8, 4) is 23.1 Å². The normalized spacial score (nSPS) is 13.0. The smallest absolute Gasteiger partial charge is 0.314 e. The Labute approximate surface area is 171 Å². The van der Waals surface area contributed by atoms with Crippen molar-refractivity contribution in [2.45, 2.75) is 12.8 Å². The molecule has 1 saturated carbocycles. The minimum absolute atomic E-state index is 0.0158. The average molecular weight is 399 g/mol. The van der Waals surface area contributed by atoms with Gasteiger partial charge in [0.15, 0.2) is 0 Å². The zero-order chi connectivity index (χ0) is 20.9. The number of rotatable bonds is 6. The molecule has 1 aromatic heterocycles. The van der Waals surface area contributed by atoms with E-state index in [1.165, 1.54) is 6.21 Å². The number of nitrogens with zero attached hydrogens (tertiary/aromatic N) is 3. The number of ether oxygens (including phenoxy) is 1. The first-order valence-corrected chi connectivity index (χ1v) is 9.35. The fourth-order valence-corrected chi connectivity index (χ4v) is 2.78. The summed E-state index contributed by atoms with van der Waals surface area (Å²) in [4.78, 5) is 30.8. The molecule has 4 rings (SSSR count). The molecule has 3 aromatic rings. The zero-order valence-electron chi connectivity index (χ0n) is 15.8. The van der Waals surface area contributed by atoms with Crippen LogP contribution < -0.4 is 15.7 Å². The number of aromatic amines is 1. The van der Waals surface area contributed by atoms with Crippen molar-refractivity contribution in [2.75, 3.05) is 5.43 Å². The van der Waals surface area contributed by atoms with Gasteiger partial charge in [0.2, 0.25) is 5.95 Å². The molecular formula is C22H17N5O3. The molecule has 0 radical (unpaired) electrons. The lowest BCUT2D eigenvalue weighted by Crippen LogP contribution is -2.16. The van der Waals surface area contributed by atoms with Gasteiger partial charge in [0.05, 0.1) is 17.8 Å². The molecule has 0 bridgehead atoms. The number of esters is 1. The van der Waals surface area contributed by atoms with Gasteiger partial charge in [0.1, 0.15) is 17.4 Å². The van der Waals surface area contributed by atoms with Crippen molar-refractivity contribution in [2.24, 2.45) is 11.0 Å². The Morgan fingerprint density at radius 1 is 1.23 bits per heavy atom. The highest BCUT2D eigenvalue weighted by Gasteiger charge is 2.31. The Morgan fingerprint density at radius 3 is 2.77 bits per heavy atom. The van der Waals surface area contributed by atoms with E-state index in [2.05, 4.69) is 20.5 Å². The number of hydrazone groups is 1. The highest BCUT2D eigenvalue weighted by atomic mass is 16.5. The van der Waals surface area contributed by atoms with Gasteiger partial charge in [-0.05, 0) is 30.5 Å². The third-order valence-electron chi connectivity index (χ3n) is 4.45. The highest BCUT2D eigenvalue weighted by molar-refractivity contribution is 5.82. The molecule has 2 N–H and O–H groups in total. The topological polar surface area (TPSA) is 120 Å². The first-order chi connectivity index (χ1) is 14.6. The summed E-state index contributed by atoms with van der Waals surface area (Å²) in [5.41, 5.74) is 3.66. The van der Waals surface area contributed by atoms with Gasteiger partial charge in [-0.3, -0.25) is 14.6 Å². The maximum Gasteiger partial charge on any atom is 0.314 e.